The van der Waals surface area contributed by atoms with Crippen molar-refractivity contribution in [2.75, 3.05) is 7.11 Å². The number of amides is 1. The number of thiazole rings is 1. The summed E-state index contributed by atoms with van der Waals surface area (Å²) in [5, 5.41) is 0. The number of nitrogens with zero attached hydrogens (tertiary/aromatic N) is 2. The van der Waals surface area contributed by atoms with Gasteiger partial charge in [0.05, 0.1) is 17.3 Å². The Morgan fingerprint density at radius 3 is 2.59 bits per heavy atom. The number of carbonyl (C=O) groups excluding carboxylic acids is 2. The summed E-state index contributed by atoms with van der Waals surface area (Å²) < 4.78 is 7.61. The second-order valence-corrected chi connectivity index (χ2v) is 7.45. The van der Waals surface area contributed by atoms with E-state index in [4.69, 9.17) is 4.74 Å². The van der Waals surface area contributed by atoms with Crippen molar-refractivity contribution in [1.29, 1.82) is 0 Å². The van der Waals surface area contributed by atoms with Gasteiger partial charge in [-0.15, -0.1) is 0 Å². The molecule has 0 aliphatic rings. The molecule has 0 spiro atoms. The number of aryl methyl sites for hydroxylation is 3. The molecule has 6 heteroatoms. The van der Waals surface area contributed by atoms with Crippen molar-refractivity contribution in [1.82, 2.24) is 4.57 Å². The van der Waals surface area contributed by atoms with Crippen molar-refractivity contribution < 1.29 is 14.3 Å². The summed E-state index contributed by atoms with van der Waals surface area (Å²) in [7, 11) is 1.36. The van der Waals surface area contributed by atoms with Gasteiger partial charge in [-0.25, -0.2) is 0 Å². The molecule has 2 aromatic carbocycles. The molecule has 0 atom stereocenters. The van der Waals surface area contributed by atoms with E-state index in [2.05, 4.69) is 11.1 Å². The molecule has 0 radical (unpaired) electrons. The van der Waals surface area contributed by atoms with Crippen LogP contribution < -0.4 is 4.80 Å². The van der Waals surface area contributed by atoms with Crippen LogP contribution in [0.2, 0.25) is 0 Å². The molecule has 5 nitrogen and oxygen atoms in total. The van der Waals surface area contributed by atoms with E-state index in [0.717, 1.165) is 26.9 Å². The molecule has 3 aromatic rings. The number of carbonyl (C=O) groups is 2. The van der Waals surface area contributed by atoms with Crippen LogP contribution in [-0.2, 0) is 27.3 Å². The third kappa shape index (κ3) is 4.52. The predicted octanol–water partition coefficient (Wildman–Crippen LogP) is 3.55. The summed E-state index contributed by atoms with van der Waals surface area (Å²) in [6.45, 7) is 4.06. The number of esters is 1. The van der Waals surface area contributed by atoms with E-state index < -0.39 is 0 Å². The molecule has 0 bridgehead atoms. The molecule has 3 rings (SSSR count). The smallest absolute Gasteiger partial charge is 0.325 e. The van der Waals surface area contributed by atoms with Crippen LogP contribution in [0.5, 0.6) is 0 Å². The zero-order valence-corrected chi connectivity index (χ0v) is 16.5. The van der Waals surface area contributed by atoms with Crippen LogP contribution in [0.4, 0.5) is 0 Å². The molecule has 1 heterocycles. The number of ether oxygens (including phenoxy) is 1. The average Bonchev–Trinajstić information content (AvgIpc) is 2.98. The Kier molecular flexibility index (Phi) is 5.86. The lowest BCUT2D eigenvalue weighted by Gasteiger charge is -2.05. The molecule has 0 aliphatic carbocycles. The van der Waals surface area contributed by atoms with E-state index in [1.807, 2.05) is 50.2 Å². The molecule has 27 heavy (non-hydrogen) atoms. The lowest BCUT2D eigenvalue weighted by molar-refractivity contribution is -0.141. The van der Waals surface area contributed by atoms with E-state index >= 15 is 0 Å². The van der Waals surface area contributed by atoms with E-state index in [0.29, 0.717) is 17.6 Å². The van der Waals surface area contributed by atoms with Crippen LogP contribution in [0.25, 0.3) is 10.2 Å². The number of benzene rings is 2. The standard InChI is InChI=1S/C21H22N2O3S/c1-14-11-15(2)20-17(12-14)23(13-19(25)26-3)21(27-20)22-18(24)10-9-16-7-5-4-6-8-16/h4-8,11-12H,9-10,13H2,1-3H3. The van der Waals surface area contributed by atoms with E-state index in [9.17, 15) is 9.59 Å². The zero-order valence-electron chi connectivity index (χ0n) is 15.7. The average molecular weight is 382 g/mol. The highest BCUT2D eigenvalue weighted by atomic mass is 32.1. The molecule has 0 saturated heterocycles. The summed E-state index contributed by atoms with van der Waals surface area (Å²) in [6, 6.07) is 14.0. The predicted molar refractivity (Wildman–Crippen MR) is 107 cm³/mol. The van der Waals surface area contributed by atoms with Gasteiger partial charge < -0.3 is 9.30 Å². The second-order valence-electron chi connectivity index (χ2n) is 6.47. The Balaban J connectivity index is 1.97. The first-order valence-corrected chi connectivity index (χ1v) is 9.58. The van der Waals surface area contributed by atoms with Gasteiger partial charge in [0.25, 0.3) is 0 Å². The lowest BCUT2D eigenvalue weighted by Crippen LogP contribution is -2.22. The number of fused-ring (bicyclic) bond motifs is 1. The molecule has 1 amide bonds. The highest BCUT2D eigenvalue weighted by Crippen LogP contribution is 2.23. The minimum Gasteiger partial charge on any atom is -0.468 e. The fourth-order valence-electron chi connectivity index (χ4n) is 3.00. The van der Waals surface area contributed by atoms with E-state index in [1.54, 1.807) is 4.57 Å². The summed E-state index contributed by atoms with van der Waals surface area (Å²) in [4.78, 5) is 29.1. The Morgan fingerprint density at radius 2 is 1.89 bits per heavy atom. The molecule has 1 aromatic heterocycles. The Bertz CT molecular complexity index is 1050. The molecule has 140 valence electrons. The first-order chi connectivity index (χ1) is 13.0. The van der Waals surface area contributed by atoms with Crippen LogP contribution in [0.1, 0.15) is 23.1 Å². The van der Waals surface area contributed by atoms with Crippen LogP contribution in [-0.4, -0.2) is 23.6 Å². The largest absolute Gasteiger partial charge is 0.468 e. The Hall–Kier alpha value is -2.73. The number of aromatic nitrogens is 1. The van der Waals surface area contributed by atoms with Gasteiger partial charge in [-0.05, 0) is 43.0 Å². The third-order valence-corrected chi connectivity index (χ3v) is 5.55. The number of rotatable bonds is 5. The summed E-state index contributed by atoms with van der Waals surface area (Å²) in [5.41, 5.74) is 4.20. The molecular formula is C21H22N2O3S. The van der Waals surface area contributed by atoms with Gasteiger partial charge in [-0.3, -0.25) is 9.59 Å². The van der Waals surface area contributed by atoms with Gasteiger partial charge in [-0.1, -0.05) is 47.7 Å². The fraction of sp³-hybridized carbons (Fsp3) is 0.286. The van der Waals surface area contributed by atoms with E-state index in [1.165, 1.54) is 18.4 Å². The number of hydrogen-bond donors (Lipinski definition) is 0. The van der Waals surface area contributed by atoms with Crippen molar-refractivity contribution in [3.05, 3.63) is 64.0 Å². The maximum absolute atomic E-state index is 12.4. The van der Waals surface area contributed by atoms with Gasteiger partial charge in [0.2, 0.25) is 5.91 Å². The highest BCUT2D eigenvalue weighted by Gasteiger charge is 2.13. The van der Waals surface area contributed by atoms with Gasteiger partial charge in [0.15, 0.2) is 4.80 Å². The maximum atomic E-state index is 12.4. The fourth-order valence-corrected chi connectivity index (χ4v) is 4.10. The van der Waals surface area contributed by atoms with Crippen molar-refractivity contribution in [2.24, 2.45) is 4.99 Å². The van der Waals surface area contributed by atoms with Crippen LogP contribution in [0, 0.1) is 13.8 Å². The van der Waals surface area contributed by atoms with E-state index in [-0.39, 0.29) is 18.4 Å². The topological polar surface area (TPSA) is 60.7 Å². The minimum atomic E-state index is -0.368. The lowest BCUT2D eigenvalue weighted by atomic mass is 10.1. The van der Waals surface area contributed by atoms with Crippen LogP contribution >= 0.6 is 11.3 Å². The summed E-state index contributed by atoms with van der Waals surface area (Å²) in [6.07, 6.45) is 0.970. The van der Waals surface area contributed by atoms with Crippen molar-refractivity contribution >= 4 is 33.4 Å². The van der Waals surface area contributed by atoms with Crippen molar-refractivity contribution in [3.8, 4) is 0 Å². The number of hydrogen-bond acceptors (Lipinski definition) is 4. The number of methoxy groups -OCH3 is 1. The summed E-state index contributed by atoms with van der Waals surface area (Å²) in [5.74, 6) is -0.564. The Labute approximate surface area is 161 Å². The van der Waals surface area contributed by atoms with Crippen molar-refractivity contribution in [2.45, 2.75) is 33.2 Å². The minimum absolute atomic E-state index is 0.0319. The van der Waals surface area contributed by atoms with Crippen molar-refractivity contribution in [3.63, 3.8) is 0 Å². The zero-order chi connectivity index (χ0) is 19.4. The van der Waals surface area contributed by atoms with Crippen LogP contribution in [0.15, 0.2) is 47.5 Å². The quantitative estimate of drug-likeness (QED) is 0.634. The second kappa shape index (κ2) is 8.31. The highest BCUT2D eigenvalue weighted by molar-refractivity contribution is 7.16. The monoisotopic (exact) mass is 382 g/mol. The summed E-state index contributed by atoms with van der Waals surface area (Å²) >= 11 is 1.43. The first kappa shape index (κ1) is 19.0. The normalized spacial score (nSPS) is 11.7. The van der Waals surface area contributed by atoms with Gasteiger partial charge in [0.1, 0.15) is 6.54 Å². The maximum Gasteiger partial charge on any atom is 0.325 e. The molecule has 0 fully saturated rings. The molecule has 0 N–H and O–H groups in total. The molecule has 0 unspecified atom stereocenters. The molecule has 0 aliphatic heterocycles. The van der Waals surface area contributed by atoms with Crippen LogP contribution in [0.3, 0.4) is 0 Å². The first-order valence-electron chi connectivity index (χ1n) is 8.77. The Morgan fingerprint density at radius 1 is 1.15 bits per heavy atom. The third-order valence-electron chi connectivity index (χ3n) is 4.32. The molecular weight excluding hydrogens is 360 g/mol. The SMILES string of the molecule is COC(=O)Cn1c(=NC(=O)CCc2ccccc2)sc2c(C)cc(C)cc21. The molecule has 0 saturated carbocycles. The van der Waals surface area contributed by atoms with Gasteiger partial charge in [-0.2, -0.15) is 4.99 Å². The van der Waals surface area contributed by atoms with Gasteiger partial charge >= 0.3 is 5.97 Å². The van der Waals surface area contributed by atoms with Gasteiger partial charge in [0, 0.05) is 6.42 Å².